The van der Waals surface area contributed by atoms with Gasteiger partial charge >= 0.3 is 0 Å². The molecule has 2 aromatic rings. The lowest BCUT2D eigenvalue weighted by Crippen LogP contribution is -1.99. The van der Waals surface area contributed by atoms with E-state index in [-0.39, 0.29) is 5.82 Å². The van der Waals surface area contributed by atoms with E-state index in [0.29, 0.717) is 27.2 Å². The van der Waals surface area contributed by atoms with Crippen molar-refractivity contribution in [1.29, 1.82) is 0 Å². The molecule has 4 nitrogen and oxygen atoms in total. The number of benzene rings is 1. The van der Waals surface area contributed by atoms with Gasteiger partial charge in [-0.15, -0.1) is 0 Å². The van der Waals surface area contributed by atoms with Crippen LogP contribution in [0.5, 0.6) is 5.75 Å². The number of methoxy groups -OCH3 is 1. The van der Waals surface area contributed by atoms with E-state index in [1.807, 2.05) is 0 Å². The van der Waals surface area contributed by atoms with Crippen LogP contribution >= 0.6 is 15.9 Å². The van der Waals surface area contributed by atoms with Crippen molar-refractivity contribution in [1.82, 2.24) is 9.78 Å². The second kappa shape index (κ2) is 4.37. The molecule has 1 aromatic heterocycles. The van der Waals surface area contributed by atoms with Gasteiger partial charge in [0.1, 0.15) is 17.4 Å². The minimum Gasteiger partial charge on any atom is -0.496 e. The van der Waals surface area contributed by atoms with E-state index in [4.69, 9.17) is 10.5 Å². The van der Waals surface area contributed by atoms with Gasteiger partial charge in [0.05, 0.1) is 17.8 Å². The fourth-order valence-corrected chi connectivity index (χ4v) is 1.91. The molecule has 2 rings (SSSR count). The molecule has 0 radical (unpaired) electrons. The number of hydrogen-bond donors (Lipinski definition) is 1. The van der Waals surface area contributed by atoms with Gasteiger partial charge in [0.15, 0.2) is 0 Å². The maximum absolute atomic E-state index is 13.4. The Kier molecular flexibility index (Phi) is 3.06. The van der Waals surface area contributed by atoms with E-state index in [1.54, 1.807) is 24.0 Å². The quantitative estimate of drug-likeness (QED) is 0.927. The number of hydrogen-bond acceptors (Lipinski definition) is 3. The monoisotopic (exact) mass is 299 g/mol. The zero-order chi connectivity index (χ0) is 12.6. The van der Waals surface area contributed by atoms with Crippen LogP contribution in [0.3, 0.4) is 0 Å². The van der Waals surface area contributed by atoms with E-state index in [9.17, 15) is 4.39 Å². The Hall–Kier alpha value is -1.56. The maximum Gasteiger partial charge on any atom is 0.141 e. The summed E-state index contributed by atoms with van der Waals surface area (Å²) in [7, 11) is 3.22. The topological polar surface area (TPSA) is 53.1 Å². The average Bonchev–Trinajstić information content (AvgIpc) is 2.63. The largest absolute Gasteiger partial charge is 0.496 e. The molecular formula is C11H11BrFN3O. The minimum absolute atomic E-state index is 0.358. The van der Waals surface area contributed by atoms with Crippen molar-refractivity contribution in [3.05, 3.63) is 28.6 Å². The molecule has 1 aromatic carbocycles. The first-order chi connectivity index (χ1) is 8.04. The van der Waals surface area contributed by atoms with Crippen molar-refractivity contribution >= 4 is 21.7 Å². The van der Waals surface area contributed by atoms with Crippen molar-refractivity contribution in [3.63, 3.8) is 0 Å². The summed E-state index contributed by atoms with van der Waals surface area (Å²) in [6.45, 7) is 0. The molecule has 17 heavy (non-hydrogen) atoms. The number of ether oxygens (including phenoxy) is 1. The third-order valence-corrected chi connectivity index (χ3v) is 3.12. The van der Waals surface area contributed by atoms with Gasteiger partial charge in [0, 0.05) is 24.2 Å². The average molecular weight is 300 g/mol. The molecule has 0 amide bonds. The maximum atomic E-state index is 13.4. The van der Waals surface area contributed by atoms with Crippen LogP contribution in [0.25, 0.3) is 11.1 Å². The van der Waals surface area contributed by atoms with Crippen LogP contribution in [0.4, 0.5) is 10.2 Å². The molecule has 0 aliphatic rings. The van der Waals surface area contributed by atoms with Crippen LogP contribution in [0.2, 0.25) is 0 Å². The number of nitrogen functional groups attached to an aromatic ring is 1. The van der Waals surface area contributed by atoms with Gasteiger partial charge in [0.2, 0.25) is 0 Å². The third-order valence-electron chi connectivity index (χ3n) is 2.52. The van der Waals surface area contributed by atoms with Gasteiger partial charge < -0.3 is 10.5 Å². The smallest absolute Gasteiger partial charge is 0.141 e. The van der Waals surface area contributed by atoms with Gasteiger partial charge in [-0.2, -0.15) is 5.10 Å². The Bertz CT molecular complexity index is 568. The first-order valence-electron chi connectivity index (χ1n) is 4.85. The SMILES string of the molecule is COc1cc(F)c(Br)cc1-c1cnn(C)c1N. The first-order valence-corrected chi connectivity index (χ1v) is 5.64. The zero-order valence-electron chi connectivity index (χ0n) is 9.37. The Morgan fingerprint density at radius 2 is 2.12 bits per heavy atom. The zero-order valence-corrected chi connectivity index (χ0v) is 11.0. The van der Waals surface area contributed by atoms with E-state index >= 15 is 0 Å². The number of nitrogens with zero attached hydrogens (tertiary/aromatic N) is 2. The highest BCUT2D eigenvalue weighted by Crippen LogP contribution is 2.36. The minimum atomic E-state index is -0.381. The second-order valence-corrected chi connectivity index (χ2v) is 4.39. The molecule has 0 saturated heterocycles. The van der Waals surface area contributed by atoms with Crippen LogP contribution in [-0.2, 0) is 7.05 Å². The molecular weight excluding hydrogens is 289 g/mol. The van der Waals surface area contributed by atoms with Crippen LogP contribution in [-0.4, -0.2) is 16.9 Å². The van der Waals surface area contributed by atoms with Gasteiger partial charge in [-0.3, -0.25) is 4.68 Å². The lowest BCUT2D eigenvalue weighted by Gasteiger charge is -2.09. The molecule has 6 heteroatoms. The predicted molar refractivity (Wildman–Crippen MR) is 67.3 cm³/mol. The summed E-state index contributed by atoms with van der Waals surface area (Å²) in [5.74, 6) is 0.542. The molecule has 0 fully saturated rings. The lowest BCUT2D eigenvalue weighted by molar-refractivity contribution is 0.412. The molecule has 0 bridgehead atoms. The Morgan fingerprint density at radius 3 is 2.65 bits per heavy atom. The molecule has 2 N–H and O–H groups in total. The third kappa shape index (κ3) is 2.00. The molecule has 0 aliphatic heterocycles. The fourth-order valence-electron chi connectivity index (χ4n) is 1.56. The van der Waals surface area contributed by atoms with Crippen molar-refractivity contribution in [3.8, 4) is 16.9 Å². The molecule has 0 atom stereocenters. The van der Waals surface area contributed by atoms with Crippen molar-refractivity contribution in [2.24, 2.45) is 7.05 Å². The van der Waals surface area contributed by atoms with E-state index in [1.165, 1.54) is 13.2 Å². The highest BCUT2D eigenvalue weighted by molar-refractivity contribution is 9.10. The van der Waals surface area contributed by atoms with E-state index < -0.39 is 0 Å². The summed E-state index contributed by atoms with van der Waals surface area (Å²) in [5, 5.41) is 4.05. The Labute approximate surface area is 106 Å². The Morgan fingerprint density at radius 1 is 1.41 bits per heavy atom. The number of rotatable bonds is 2. The number of aromatic nitrogens is 2. The summed E-state index contributed by atoms with van der Waals surface area (Å²) >= 11 is 3.14. The highest BCUT2D eigenvalue weighted by atomic mass is 79.9. The number of nitrogens with two attached hydrogens (primary N) is 1. The van der Waals surface area contributed by atoms with Crippen molar-refractivity contribution < 1.29 is 9.13 Å². The van der Waals surface area contributed by atoms with Crippen LogP contribution in [0, 0.1) is 5.82 Å². The highest BCUT2D eigenvalue weighted by Gasteiger charge is 2.15. The molecule has 0 spiro atoms. The molecule has 90 valence electrons. The summed E-state index contributed by atoms with van der Waals surface area (Å²) in [4.78, 5) is 0. The number of anilines is 1. The van der Waals surface area contributed by atoms with E-state index in [2.05, 4.69) is 21.0 Å². The van der Waals surface area contributed by atoms with Crippen molar-refractivity contribution in [2.75, 3.05) is 12.8 Å². The van der Waals surface area contributed by atoms with Crippen molar-refractivity contribution in [2.45, 2.75) is 0 Å². The predicted octanol–water partition coefficient (Wildman–Crippen LogP) is 2.58. The standard InChI is InChI=1S/C11H11BrFN3O/c1-16-11(14)7(5-15-16)6-3-8(12)9(13)4-10(6)17-2/h3-5H,14H2,1-2H3. The van der Waals surface area contributed by atoms with Crippen LogP contribution in [0.15, 0.2) is 22.8 Å². The fraction of sp³-hybridized carbons (Fsp3) is 0.182. The molecule has 1 heterocycles. The number of halogens is 2. The van der Waals surface area contributed by atoms with Crippen LogP contribution in [0.1, 0.15) is 0 Å². The van der Waals surface area contributed by atoms with Gasteiger partial charge in [-0.25, -0.2) is 4.39 Å². The van der Waals surface area contributed by atoms with Gasteiger partial charge in [-0.1, -0.05) is 0 Å². The molecule has 0 aliphatic carbocycles. The molecule has 0 unspecified atom stereocenters. The summed E-state index contributed by atoms with van der Waals surface area (Å²) in [6.07, 6.45) is 1.62. The normalized spacial score (nSPS) is 10.6. The second-order valence-electron chi connectivity index (χ2n) is 3.53. The van der Waals surface area contributed by atoms with E-state index in [0.717, 1.165) is 0 Å². The van der Waals surface area contributed by atoms with Crippen LogP contribution < -0.4 is 10.5 Å². The van der Waals surface area contributed by atoms with Gasteiger partial charge in [0.25, 0.3) is 0 Å². The first kappa shape index (κ1) is 11.9. The number of aryl methyl sites for hydroxylation is 1. The summed E-state index contributed by atoms with van der Waals surface area (Å²) in [5.41, 5.74) is 7.30. The summed E-state index contributed by atoms with van der Waals surface area (Å²) in [6, 6.07) is 2.94. The molecule has 0 saturated carbocycles. The van der Waals surface area contributed by atoms with Gasteiger partial charge in [-0.05, 0) is 22.0 Å². The summed E-state index contributed by atoms with van der Waals surface area (Å²) < 4.78 is 20.4. The Balaban J connectivity index is 2.66. The lowest BCUT2D eigenvalue weighted by atomic mass is 10.1.